The molecule has 0 amide bonds. The first-order valence-corrected chi connectivity index (χ1v) is 7.11. The number of para-hydroxylation sites is 1. The van der Waals surface area contributed by atoms with Crippen LogP contribution in [-0.4, -0.2) is 18.9 Å². The number of carbonyl (C=O) groups excluding carboxylic acids is 1. The Labute approximate surface area is 109 Å². The first-order valence-electron chi connectivity index (χ1n) is 7.11. The second kappa shape index (κ2) is 4.75. The van der Waals surface area contributed by atoms with Crippen molar-refractivity contribution < 1.29 is 4.79 Å². The largest absolute Gasteiger partial charge is 0.371 e. The van der Waals surface area contributed by atoms with Crippen molar-refractivity contribution in [1.82, 2.24) is 0 Å². The fraction of sp³-hybridized carbons (Fsp3) is 0.562. The predicted molar refractivity (Wildman–Crippen MR) is 73.9 cm³/mol. The van der Waals surface area contributed by atoms with Gasteiger partial charge < -0.3 is 4.90 Å². The van der Waals surface area contributed by atoms with Crippen molar-refractivity contribution in [2.75, 3.05) is 11.9 Å². The van der Waals surface area contributed by atoms with Crippen molar-refractivity contribution in [3.8, 4) is 0 Å². The molecule has 1 saturated carbocycles. The third-order valence-corrected chi connectivity index (χ3v) is 4.65. The lowest BCUT2D eigenvalue weighted by molar-refractivity contribution is -0.124. The Morgan fingerprint density at radius 3 is 2.78 bits per heavy atom. The van der Waals surface area contributed by atoms with Gasteiger partial charge in [0.1, 0.15) is 5.78 Å². The van der Waals surface area contributed by atoms with Crippen molar-refractivity contribution in [3.05, 3.63) is 29.8 Å². The fourth-order valence-electron chi connectivity index (χ4n) is 3.64. The monoisotopic (exact) mass is 243 g/mol. The maximum Gasteiger partial charge on any atom is 0.138 e. The average Bonchev–Trinajstić information content (AvgIpc) is 2.43. The smallest absolute Gasteiger partial charge is 0.138 e. The Kier molecular flexibility index (Phi) is 3.11. The molecule has 2 aliphatic rings. The van der Waals surface area contributed by atoms with E-state index in [1.807, 2.05) is 0 Å². The van der Waals surface area contributed by atoms with E-state index in [2.05, 4.69) is 36.2 Å². The second-order valence-electron chi connectivity index (χ2n) is 5.66. The normalized spacial score (nSPS) is 28.1. The molecule has 3 rings (SSSR count). The van der Waals surface area contributed by atoms with Gasteiger partial charge in [-0.1, -0.05) is 31.0 Å². The van der Waals surface area contributed by atoms with Crippen molar-refractivity contribution in [2.45, 2.75) is 44.6 Å². The zero-order valence-corrected chi connectivity index (χ0v) is 11.1. The summed E-state index contributed by atoms with van der Waals surface area (Å²) in [7, 11) is 2.17. The molecule has 1 heterocycles. The molecule has 0 spiro atoms. The first-order chi connectivity index (χ1) is 8.77. The maximum absolute atomic E-state index is 12.3. The zero-order chi connectivity index (χ0) is 12.5. The standard InChI is InChI=1S/C16H21NO/c1-17-14-8-4-2-6-12(14)10-11-16(18)13-7-3-5-9-15(13)17/h2,4,6,8,13,15H,3,5,7,9-11H2,1H3. The molecule has 1 aromatic carbocycles. The van der Waals surface area contributed by atoms with E-state index < -0.39 is 0 Å². The van der Waals surface area contributed by atoms with Crippen LogP contribution in [0.4, 0.5) is 5.69 Å². The Morgan fingerprint density at radius 2 is 1.89 bits per heavy atom. The lowest BCUT2D eigenvalue weighted by atomic mass is 9.78. The molecule has 1 aliphatic carbocycles. The van der Waals surface area contributed by atoms with Crippen molar-refractivity contribution in [1.29, 1.82) is 0 Å². The zero-order valence-electron chi connectivity index (χ0n) is 11.1. The fourth-order valence-corrected chi connectivity index (χ4v) is 3.64. The van der Waals surface area contributed by atoms with Crippen molar-refractivity contribution in [2.24, 2.45) is 5.92 Å². The first kappa shape index (κ1) is 11.8. The number of hydrogen-bond donors (Lipinski definition) is 0. The Bertz CT molecular complexity index is 454. The highest BCUT2D eigenvalue weighted by atomic mass is 16.1. The summed E-state index contributed by atoms with van der Waals surface area (Å²) in [6.07, 6.45) is 6.38. The van der Waals surface area contributed by atoms with E-state index in [1.54, 1.807) is 0 Å². The molecule has 1 aliphatic heterocycles. The lowest BCUT2D eigenvalue weighted by Crippen LogP contribution is -2.45. The highest BCUT2D eigenvalue weighted by Crippen LogP contribution is 2.35. The summed E-state index contributed by atoms with van der Waals surface area (Å²) in [5.41, 5.74) is 2.67. The van der Waals surface area contributed by atoms with Crippen LogP contribution >= 0.6 is 0 Å². The number of Topliss-reactive ketones (excluding diaryl/α,β-unsaturated/α-hetero) is 1. The SMILES string of the molecule is CN1c2ccccc2CCC(=O)C2CCCCC21. The predicted octanol–water partition coefficient (Wildman–Crippen LogP) is 3.20. The van der Waals surface area contributed by atoms with Gasteiger partial charge in [0, 0.05) is 31.1 Å². The number of benzene rings is 1. The molecule has 2 atom stereocenters. The summed E-state index contributed by atoms with van der Waals surface area (Å²) in [6, 6.07) is 8.99. The third kappa shape index (κ3) is 1.94. The minimum absolute atomic E-state index is 0.275. The highest BCUT2D eigenvalue weighted by molar-refractivity contribution is 5.83. The van der Waals surface area contributed by atoms with Crippen LogP contribution in [0.15, 0.2) is 24.3 Å². The molecule has 0 radical (unpaired) electrons. The minimum Gasteiger partial charge on any atom is -0.371 e. The maximum atomic E-state index is 12.3. The number of rotatable bonds is 0. The van der Waals surface area contributed by atoms with Crippen molar-refractivity contribution in [3.63, 3.8) is 0 Å². The average molecular weight is 243 g/mol. The number of fused-ring (bicyclic) bond motifs is 2. The second-order valence-corrected chi connectivity index (χ2v) is 5.66. The topological polar surface area (TPSA) is 20.3 Å². The summed E-state index contributed by atoms with van der Waals surface area (Å²) >= 11 is 0. The summed E-state index contributed by atoms with van der Waals surface area (Å²) in [6.45, 7) is 0. The number of carbonyl (C=O) groups is 1. The van der Waals surface area contributed by atoms with E-state index in [0.717, 1.165) is 19.3 Å². The Hall–Kier alpha value is -1.31. The number of ketones is 1. The van der Waals surface area contributed by atoms with Crippen LogP contribution in [-0.2, 0) is 11.2 Å². The third-order valence-electron chi connectivity index (χ3n) is 4.65. The molecule has 0 aromatic heterocycles. The van der Waals surface area contributed by atoms with Crippen molar-refractivity contribution >= 4 is 11.5 Å². The van der Waals surface area contributed by atoms with Crippen LogP contribution in [0, 0.1) is 5.92 Å². The Morgan fingerprint density at radius 1 is 1.11 bits per heavy atom. The number of nitrogens with zero attached hydrogens (tertiary/aromatic N) is 1. The van der Waals surface area contributed by atoms with Gasteiger partial charge in [0.25, 0.3) is 0 Å². The summed E-state index contributed by atoms with van der Waals surface area (Å²) in [5.74, 6) is 0.762. The van der Waals surface area contributed by atoms with Gasteiger partial charge in [-0.2, -0.15) is 0 Å². The molecule has 1 aromatic rings. The van der Waals surface area contributed by atoms with Crippen LogP contribution in [0.2, 0.25) is 0 Å². The van der Waals surface area contributed by atoms with Gasteiger partial charge in [-0.05, 0) is 30.9 Å². The number of anilines is 1. The molecular weight excluding hydrogens is 222 g/mol. The van der Waals surface area contributed by atoms with E-state index >= 15 is 0 Å². The van der Waals surface area contributed by atoms with Gasteiger partial charge in [0.05, 0.1) is 0 Å². The van der Waals surface area contributed by atoms with Crippen LogP contribution in [0.3, 0.4) is 0 Å². The van der Waals surface area contributed by atoms with E-state index in [-0.39, 0.29) is 5.92 Å². The van der Waals surface area contributed by atoms with E-state index in [1.165, 1.54) is 30.5 Å². The molecule has 2 heteroatoms. The molecule has 1 fully saturated rings. The van der Waals surface area contributed by atoms with Gasteiger partial charge in [-0.3, -0.25) is 4.79 Å². The van der Waals surface area contributed by atoms with Gasteiger partial charge >= 0.3 is 0 Å². The minimum atomic E-state index is 0.275. The molecule has 0 saturated heterocycles. The summed E-state index contributed by atoms with van der Waals surface area (Å²) in [4.78, 5) is 14.7. The van der Waals surface area contributed by atoms with Crippen LogP contribution in [0.25, 0.3) is 0 Å². The highest BCUT2D eigenvalue weighted by Gasteiger charge is 2.35. The molecule has 18 heavy (non-hydrogen) atoms. The van der Waals surface area contributed by atoms with Gasteiger partial charge in [-0.15, -0.1) is 0 Å². The van der Waals surface area contributed by atoms with Crippen LogP contribution in [0.1, 0.15) is 37.7 Å². The lowest BCUT2D eigenvalue weighted by Gasteiger charge is -2.40. The Balaban J connectivity index is 2.00. The van der Waals surface area contributed by atoms with Gasteiger partial charge in [0.15, 0.2) is 0 Å². The quantitative estimate of drug-likeness (QED) is 0.697. The molecule has 96 valence electrons. The van der Waals surface area contributed by atoms with E-state index in [0.29, 0.717) is 11.8 Å². The number of aryl methyl sites for hydroxylation is 1. The van der Waals surface area contributed by atoms with Crippen LogP contribution < -0.4 is 4.90 Å². The molecular formula is C16H21NO. The van der Waals surface area contributed by atoms with Crippen LogP contribution in [0.5, 0.6) is 0 Å². The molecule has 2 unspecified atom stereocenters. The summed E-state index contributed by atoms with van der Waals surface area (Å²) in [5, 5.41) is 0. The van der Waals surface area contributed by atoms with E-state index in [9.17, 15) is 4.79 Å². The summed E-state index contributed by atoms with van der Waals surface area (Å²) < 4.78 is 0. The molecule has 0 N–H and O–H groups in total. The van der Waals surface area contributed by atoms with E-state index in [4.69, 9.17) is 0 Å². The van der Waals surface area contributed by atoms with Gasteiger partial charge in [-0.25, -0.2) is 0 Å². The number of hydrogen-bond acceptors (Lipinski definition) is 2. The molecule has 2 nitrogen and oxygen atoms in total. The molecule has 0 bridgehead atoms. The van der Waals surface area contributed by atoms with Gasteiger partial charge in [0.2, 0.25) is 0 Å².